The van der Waals surface area contributed by atoms with Crippen molar-refractivity contribution in [2.24, 2.45) is 11.3 Å². The second-order valence-corrected chi connectivity index (χ2v) is 12.1. The molecule has 0 heterocycles. The van der Waals surface area contributed by atoms with Crippen molar-refractivity contribution in [3.8, 4) is 5.75 Å². The number of carbonyl (C=O) groups excluding carboxylic acids is 1. The Kier molecular flexibility index (Phi) is 7.05. The van der Waals surface area contributed by atoms with Crippen molar-refractivity contribution in [2.75, 3.05) is 27.2 Å². The third-order valence-corrected chi connectivity index (χ3v) is 8.68. The van der Waals surface area contributed by atoms with E-state index in [0.717, 1.165) is 42.5 Å². The van der Waals surface area contributed by atoms with Crippen molar-refractivity contribution in [1.29, 1.82) is 0 Å². The van der Waals surface area contributed by atoms with E-state index in [2.05, 4.69) is 14.1 Å². The van der Waals surface area contributed by atoms with Crippen molar-refractivity contribution in [3.05, 3.63) is 66.2 Å². The minimum atomic E-state index is -1.71. The van der Waals surface area contributed by atoms with Gasteiger partial charge in [-0.25, -0.2) is 4.79 Å². The number of benzene rings is 2. The van der Waals surface area contributed by atoms with Crippen molar-refractivity contribution < 1.29 is 23.9 Å². The monoisotopic (exact) mass is 480 g/mol. The lowest BCUT2D eigenvalue weighted by atomic mass is 9.72. The van der Waals surface area contributed by atoms with Gasteiger partial charge in [0.2, 0.25) is 0 Å². The number of esters is 1. The summed E-state index contributed by atoms with van der Waals surface area (Å²) >= 11 is 0. The second kappa shape index (κ2) is 9.59. The molecule has 0 aliphatic heterocycles. The first-order chi connectivity index (χ1) is 16.5. The van der Waals surface area contributed by atoms with Gasteiger partial charge in [-0.1, -0.05) is 69.3 Å². The summed E-state index contributed by atoms with van der Waals surface area (Å²) in [6, 6.07) is 19.2. The number of rotatable bonds is 9. The van der Waals surface area contributed by atoms with Crippen molar-refractivity contribution in [2.45, 2.75) is 70.1 Å². The molecule has 5 heteroatoms. The first kappa shape index (κ1) is 25.7. The fourth-order valence-corrected chi connectivity index (χ4v) is 6.41. The number of aliphatic hydroxyl groups is 1. The standard InChI is InChI=1S/C30H42NO4/c1-28(2,3)30(33,24-13-8-6-9-14-24)27(32)35-26-21-23-17-18-29(26,22-23)31(4,5)19-12-20-34-25-15-10-7-11-16-25/h6-11,13-16,23,26,33H,12,17-22H2,1-5H3/q+1/t23?,26-,29+,30?/m1/s1. The summed E-state index contributed by atoms with van der Waals surface area (Å²) < 4.78 is 13.0. The Morgan fingerprint density at radius 3 is 2.29 bits per heavy atom. The zero-order valence-electron chi connectivity index (χ0n) is 22.0. The van der Waals surface area contributed by atoms with Gasteiger partial charge in [0, 0.05) is 24.7 Å². The van der Waals surface area contributed by atoms with E-state index >= 15 is 0 Å². The molecule has 0 radical (unpaired) electrons. The molecule has 0 spiro atoms. The fraction of sp³-hybridized carbons (Fsp3) is 0.567. The normalized spacial score (nSPS) is 25.8. The van der Waals surface area contributed by atoms with Gasteiger partial charge in [0.05, 0.1) is 27.2 Å². The number of quaternary nitrogens is 1. The van der Waals surface area contributed by atoms with Crippen LogP contribution in [0, 0.1) is 11.3 Å². The predicted molar refractivity (Wildman–Crippen MR) is 138 cm³/mol. The van der Waals surface area contributed by atoms with Crippen LogP contribution in [0.3, 0.4) is 0 Å². The highest BCUT2D eigenvalue weighted by Gasteiger charge is 2.64. The Hall–Kier alpha value is -2.37. The van der Waals surface area contributed by atoms with Crippen LogP contribution in [0.15, 0.2) is 60.7 Å². The molecule has 2 aliphatic rings. The van der Waals surface area contributed by atoms with Crippen LogP contribution >= 0.6 is 0 Å². The smallest absolute Gasteiger partial charge is 0.343 e. The largest absolute Gasteiger partial charge is 0.493 e. The summed E-state index contributed by atoms with van der Waals surface area (Å²) in [5.74, 6) is 0.942. The van der Waals surface area contributed by atoms with Gasteiger partial charge >= 0.3 is 5.97 Å². The van der Waals surface area contributed by atoms with Crippen molar-refractivity contribution in [1.82, 2.24) is 0 Å². The highest BCUT2D eigenvalue weighted by Crippen LogP contribution is 2.55. The molecule has 0 aromatic heterocycles. The Balaban J connectivity index is 1.49. The van der Waals surface area contributed by atoms with E-state index < -0.39 is 17.0 Å². The number of nitrogens with zero attached hydrogens (tertiary/aromatic N) is 1. The van der Waals surface area contributed by atoms with Crippen LogP contribution in [0.25, 0.3) is 0 Å². The first-order valence-electron chi connectivity index (χ1n) is 13.0. The molecule has 190 valence electrons. The molecule has 2 saturated carbocycles. The van der Waals surface area contributed by atoms with Gasteiger partial charge < -0.3 is 19.1 Å². The van der Waals surface area contributed by atoms with Gasteiger partial charge in [0.15, 0.2) is 11.7 Å². The molecule has 2 bridgehead atoms. The molecule has 4 atom stereocenters. The maximum atomic E-state index is 13.7. The molecule has 2 unspecified atom stereocenters. The van der Waals surface area contributed by atoms with E-state index in [0.29, 0.717) is 18.1 Å². The van der Waals surface area contributed by atoms with Crippen molar-refractivity contribution >= 4 is 5.97 Å². The first-order valence-corrected chi connectivity index (χ1v) is 13.0. The minimum absolute atomic E-state index is 0.122. The molecule has 1 N–H and O–H groups in total. The second-order valence-electron chi connectivity index (χ2n) is 12.1. The molecule has 0 amide bonds. The van der Waals surface area contributed by atoms with Crippen LogP contribution < -0.4 is 4.74 Å². The molecule has 2 aliphatic carbocycles. The quantitative estimate of drug-likeness (QED) is 0.300. The number of hydrogen-bond acceptors (Lipinski definition) is 4. The van der Waals surface area contributed by atoms with Crippen LogP contribution in [0.5, 0.6) is 5.75 Å². The Labute approximate surface area is 210 Å². The molecule has 35 heavy (non-hydrogen) atoms. The van der Waals surface area contributed by atoms with Gasteiger partial charge in [-0.15, -0.1) is 0 Å². The molecular formula is C30H42NO4+. The summed E-state index contributed by atoms with van der Waals surface area (Å²) in [6.45, 7) is 7.28. The molecular weight excluding hydrogens is 438 g/mol. The third-order valence-electron chi connectivity index (χ3n) is 8.68. The van der Waals surface area contributed by atoms with Crippen LogP contribution in [-0.2, 0) is 15.1 Å². The zero-order chi connectivity index (χ0) is 25.3. The van der Waals surface area contributed by atoms with Crippen LogP contribution in [0.1, 0.15) is 58.4 Å². The minimum Gasteiger partial charge on any atom is -0.493 e. The van der Waals surface area contributed by atoms with Gasteiger partial charge in [-0.2, -0.15) is 0 Å². The van der Waals surface area contributed by atoms with E-state index in [1.807, 2.05) is 81.4 Å². The van der Waals surface area contributed by atoms with Crippen LogP contribution in [-0.4, -0.2) is 54.4 Å². The fourth-order valence-electron chi connectivity index (χ4n) is 6.41. The molecule has 2 fully saturated rings. The van der Waals surface area contributed by atoms with E-state index in [4.69, 9.17) is 9.47 Å². The average Bonchev–Trinajstić information content (AvgIpc) is 3.42. The summed E-state index contributed by atoms with van der Waals surface area (Å²) in [6.07, 6.45) is 4.89. The van der Waals surface area contributed by atoms with Gasteiger partial charge in [0.25, 0.3) is 0 Å². The summed E-state index contributed by atoms with van der Waals surface area (Å²) in [7, 11) is 4.54. The van der Waals surface area contributed by atoms with E-state index in [9.17, 15) is 9.90 Å². The van der Waals surface area contributed by atoms with E-state index in [-0.39, 0.29) is 11.6 Å². The summed E-state index contributed by atoms with van der Waals surface area (Å²) in [4.78, 5) is 13.7. The lowest BCUT2D eigenvalue weighted by Gasteiger charge is -2.49. The third kappa shape index (κ3) is 4.73. The Morgan fingerprint density at radius 2 is 1.69 bits per heavy atom. The van der Waals surface area contributed by atoms with Gasteiger partial charge in [-0.3, -0.25) is 0 Å². The molecule has 2 aromatic rings. The zero-order valence-corrected chi connectivity index (χ0v) is 22.0. The van der Waals surface area contributed by atoms with Gasteiger partial charge in [0.1, 0.15) is 11.3 Å². The maximum absolute atomic E-state index is 13.7. The molecule has 4 rings (SSSR count). The number of hydrogen-bond donors (Lipinski definition) is 1. The number of carbonyl (C=O) groups is 1. The highest BCUT2D eigenvalue weighted by atomic mass is 16.6. The lowest BCUT2D eigenvalue weighted by molar-refractivity contribution is -0.944. The van der Waals surface area contributed by atoms with Crippen LogP contribution in [0.4, 0.5) is 0 Å². The van der Waals surface area contributed by atoms with E-state index in [1.165, 1.54) is 6.42 Å². The maximum Gasteiger partial charge on any atom is 0.343 e. The number of ether oxygens (including phenoxy) is 2. The van der Waals surface area contributed by atoms with E-state index in [1.54, 1.807) is 0 Å². The highest BCUT2D eigenvalue weighted by molar-refractivity contribution is 5.82. The molecule has 2 aromatic carbocycles. The average molecular weight is 481 g/mol. The topological polar surface area (TPSA) is 55.8 Å². The predicted octanol–water partition coefficient (Wildman–Crippen LogP) is 5.32. The molecule has 5 nitrogen and oxygen atoms in total. The van der Waals surface area contributed by atoms with Gasteiger partial charge in [-0.05, 0) is 36.5 Å². The SMILES string of the molecule is CC(C)(C)C(O)(C(=O)O[C@@H]1CC2CC[C@]1([N+](C)(C)CCCOc1ccccc1)C2)c1ccccc1. The number of fused-ring (bicyclic) bond motifs is 2. The Bertz CT molecular complexity index is 1000. The summed E-state index contributed by atoms with van der Waals surface area (Å²) in [5.41, 5.74) is -1.96. The number of likely N-dealkylation sites (N-methyl/N-ethyl adjacent to an activating group) is 1. The Morgan fingerprint density at radius 1 is 1.06 bits per heavy atom. The lowest BCUT2D eigenvalue weighted by Crippen LogP contribution is -2.65. The molecule has 0 saturated heterocycles. The number of para-hydroxylation sites is 1. The van der Waals surface area contributed by atoms with Crippen molar-refractivity contribution in [3.63, 3.8) is 0 Å². The van der Waals surface area contributed by atoms with Crippen LogP contribution in [0.2, 0.25) is 0 Å². The summed E-state index contributed by atoms with van der Waals surface area (Å²) in [5, 5.41) is 11.8.